The lowest BCUT2D eigenvalue weighted by Crippen LogP contribution is -2.16. The third-order valence-electron chi connectivity index (χ3n) is 2.88. The lowest BCUT2D eigenvalue weighted by molar-refractivity contribution is -0.141. The van der Waals surface area contributed by atoms with E-state index >= 15 is 0 Å². The van der Waals surface area contributed by atoms with E-state index in [9.17, 15) is 4.79 Å². The molecule has 1 aromatic carbocycles. The van der Waals surface area contributed by atoms with Crippen molar-refractivity contribution >= 4 is 5.97 Å². The fraction of sp³-hybridized carbons (Fsp3) is 0.562. The van der Waals surface area contributed by atoms with Crippen LogP contribution in [0, 0.1) is 0 Å². The van der Waals surface area contributed by atoms with Gasteiger partial charge >= 0.3 is 5.97 Å². The Morgan fingerprint density at radius 3 is 2.71 bits per heavy atom. The van der Waals surface area contributed by atoms with Crippen molar-refractivity contribution in [2.45, 2.75) is 33.2 Å². The number of rotatable bonds is 10. The molecule has 0 bridgehead atoms. The van der Waals surface area contributed by atoms with Crippen LogP contribution in [0.15, 0.2) is 18.2 Å². The summed E-state index contributed by atoms with van der Waals surface area (Å²) in [5, 5.41) is 3.34. The molecule has 5 nitrogen and oxygen atoms in total. The average Bonchev–Trinajstić information content (AvgIpc) is 2.49. The summed E-state index contributed by atoms with van der Waals surface area (Å²) in [5.74, 6) is 1.12. The van der Waals surface area contributed by atoms with E-state index in [-0.39, 0.29) is 19.0 Å². The molecule has 21 heavy (non-hydrogen) atoms. The van der Waals surface area contributed by atoms with Crippen LogP contribution in [0.1, 0.15) is 32.3 Å². The maximum absolute atomic E-state index is 11.2. The Morgan fingerprint density at radius 2 is 2.05 bits per heavy atom. The molecule has 0 heterocycles. The highest BCUT2D eigenvalue weighted by atomic mass is 16.5. The number of methoxy groups -OCH3 is 1. The van der Waals surface area contributed by atoms with E-state index in [1.54, 1.807) is 0 Å². The Morgan fingerprint density at radius 1 is 1.24 bits per heavy atom. The van der Waals surface area contributed by atoms with Crippen LogP contribution in [0.25, 0.3) is 0 Å². The van der Waals surface area contributed by atoms with Gasteiger partial charge in [0.2, 0.25) is 0 Å². The van der Waals surface area contributed by atoms with Crippen molar-refractivity contribution in [2.24, 2.45) is 0 Å². The minimum atomic E-state index is -0.283. The molecule has 1 N–H and O–H groups in total. The first-order chi connectivity index (χ1) is 10.2. The van der Waals surface area contributed by atoms with Crippen LogP contribution >= 0.6 is 0 Å². The highest BCUT2D eigenvalue weighted by molar-refractivity contribution is 5.69. The molecule has 0 fully saturated rings. The molecule has 0 spiro atoms. The molecule has 0 aliphatic carbocycles. The molecule has 0 atom stereocenters. The maximum Gasteiger partial charge on any atom is 0.308 e. The summed E-state index contributed by atoms with van der Waals surface area (Å²) < 4.78 is 16.0. The predicted octanol–water partition coefficient (Wildman–Crippen LogP) is 2.53. The summed E-state index contributed by atoms with van der Waals surface area (Å²) >= 11 is 0. The van der Waals surface area contributed by atoms with Crippen molar-refractivity contribution in [3.8, 4) is 11.5 Å². The van der Waals surface area contributed by atoms with Crippen molar-refractivity contribution < 1.29 is 19.0 Å². The van der Waals surface area contributed by atoms with Gasteiger partial charge in [-0.2, -0.15) is 0 Å². The molecule has 1 rings (SSSR count). The zero-order chi connectivity index (χ0) is 15.5. The van der Waals surface area contributed by atoms with E-state index in [1.807, 2.05) is 25.1 Å². The summed E-state index contributed by atoms with van der Waals surface area (Å²) in [6, 6.07) is 5.82. The second kappa shape index (κ2) is 10.0. The molecule has 0 unspecified atom stereocenters. The second-order valence-corrected chi connectivity index (χ2v) is 4.53. The number of ether oxygens (including phenoxy) is 3. The Kier molecular flexibility index (Phi) is 8.28. The standard InChI is InChI=1S/C16H25NO4/c1-4-10-17-12-13-7-6-8-14(20-5-2)16(13)21-11-9-15(18)19-3/h6-8,17H,4-5,9-12H2,1-3H3. The smallest absolute Gasteiger partial charge is 0.308 e. The van der Waals surface area contributed by atoms with Gasteiger partial charge in [0.15, 0.2) is 11.5 Å². The molecule has 0 aromatic heterocycles. The van der Waals surface area contributed by atoms with Crippen LogP contribution in [0.5, 0.6) is 11.5 Å². The van der Waals surface area contributed by atoms with Gasteiger partial charge in [0.1, 0.15) is 0 Å². The second-order valence-electron chi connectivity index (χ2n) is 4.53. The molecule has 118 valence electrons. The minimum Gasteiger partial charge on any atom is -0.490 e. The number of hydrogen-bond acceptors (Lipinski definition) is 5. The van der Waals surface area contributed by atoms with Gasteiger partial charge in [-0.05, 0) is 26.0 Å². The van der Waals surface area contributed by atoms with Gasteiger partial charge < -0.3 is 19.5 Å². The van der Waals surface area contributed by atoms with Gasteiger partial charge in [0, 0.05) is 12.1 Å². The molecule has 5 heteroatoms. The van der Waals surface area contributed by atoms with E-state index in [0.717, 1.165) is 18.5 Å². The quantitative estimate of drug-likeness (QED) is 0.531. The molecule has 0 radical (unpaired) electrons. The van der Waals surface area contributed by atoms with Crippen molar-refractivity contribution in [2.75, 3.05) is 26.9 Å². The zero-order valence-corrected chi connectivity index (χ0v) is 13.1. The van der Waals surface area contributed by atoms with Gasteiger partial charge in [-0.3, -0.25) is 4.79 Å². The van der Waals surface area contributed by atoms with Gasteiger partial charge in [-0.15, -0.1) is 0 Å². The van der Waals surface area contributed by atoms with E-state index in [0.29, 0.717) is 24.7 Å². The monoisotopic (exact) mass is 295 g/mol. The maximum atomic E-state index is 11.2. The van der Waals surface area contributed by atoms with Gasteiger partial charge in [-0.25, -0.2) is 0 Å². The van der Waals surface area contributed by atoms with Gasteiger partial charge in [0.05, 0.1) is 26.7 Å². The number of carbonyl (C=O) groups is 1. The third-order valence-corrected chi connectivity index (χ3v) is 2.88. The highest BCUT2D eigenvalue weighted by Crippen LogP contribution is 2.31. The fourth-order valence-corrected chi connectivity index (χ4v) is 1.87. The fourth-order valence-electron chi connectivity index (χ4n) is 1.87. The van der Waals surface area contributed by atoms with Crippen LogP contribution in [0.3, 0.4) is 0 Å². The lowest BCUT2D eigenvalue weighted by atomic mass is 10.2. The van der Waals surface area contributed by atoms with Crippen LogP contribution < -0.4 is 14.8 Å². The number of para-hydroxylation sites is 1. The Bertz CT molecular complexity index is 434. The van der Waals surface area contributed by atoms with Crippen molar-refractivity contribution in [3.63, 3.8) is 0 Å². The average molecular weight is 295 g/mol. The first kappa shape index (κ1) is 17.3. The Labute approximate surface area is 126 Å². The third kappa shape index (κ3) is 6.04. The Balaban J connectivity index is 2.75. The van der Waals surface area contributed by atoms with Crippen molar-refractivity contribution in [1.82, 2.24) is 5.32 Å². The number of esters is 1. The summed E-state index contributed by atoms with van der Waals surface area (Å²) in [4.78, 5) is 11.2. The van der Waals surface area contributed by atoms with E-state index in [4.69, 9.17) is 9.47 Å². The molecule has 0 aliphatic rings. The normalized spacial score (nSPS) is 10.2. The molecule has 0 saturated carbocycles. The Hall–Kier alpha value is -1.75. The SMILES string of the molecule is CCCNCc1cccc(OCC)c1OCCC(=O)OC. The van der Waals surface area contributed by atoms with E-state index < -0.39 is 0 Å². The highest BCUT2D eigenvalue weighted by Gasteiger charge is 2.12. The van der Waals surface area contributed by atoms with E-state index in [2.05, 4.69) is 17.0 Å². The van der Waals surface area contributed by atoms with Crippen LogP contribution in [0.2, 0.25) is 0 Å². The number of hydrogen-bond donors (Lipinski definition) is 1. The predicted molar refractivity (Wildman–Crippen MR) is 81.7 cm³/mol. The molecule has 1 aromatic rings. The summed E-state index contributed by atoms with van der Waals surface area (Å²) in [6.07, 6.45) is 1.29. The number of nitrogens with one attached hydrogen (secondary N) is 1. The minimum absolute atomic E-state index is 0.221. The summed E-state index contributed by atoms with van der Waals surface area (Å²) in [7, 11) is 1.37. The largest absolute Gasteiger partial charge is 0.490 e. The summed E-state index contributed by atoms with van der Waals surface area (Å²) in [6.45, 7) is 6.55. The topological polar surface area (TPSA) is 56.8 Å². The molecule has 0 aliphatic heterocycles. The summed E-state index contributed by atoms with van der Waals surface area (Å²) in [5.41, 5.74) is 1.03. The molecular formula is C16H25NO4. The van der Waals surface area contributed by atoms with Crippen molar-refractivity contribution in [1.29, 1.82) is 0 Å². The van der Waals surface area contributed by atoms with Crippen LogP contribution in [-0.2, 0) is 16.1 Å². The molecular weight excluding hydrogens is 270 g/mol. The van der Waals surface area contributed by atoms with Crippen molar-refractivity contribution in [3.05, 3.63) is 23.8 Å². The lowest BCUT2D eigenvalue weighted by Gasteiger charge is -2.16. The first-order valence-corrected chi connectivity index (χ1v) is 7.37. The van der Waals surface area contributed by atoms with Crippen LogP contribution in [-0.4, -0.2) is 32.8 Å². The van der Waals surface area contributed by atoms with Gasteiger partial charge in [0.25, 0.3) is 0 Å². The van der Waals surface area contributed by atoms with E-state index in [1.165, 1.54) is 7.11 Å². The first-order valence-electron chi connectivity index (χ1n) is 7.37. The number of carbonyl (C=O) groups excluding carboxylic acids is 1. The zero-order valence-electron chi connectivity index (χ0n) is 13.1. The van der Waals surface area contributed by atoms with Gasteiger partial charge in [-0.1, -0.05) is 19.1 Å². The van der Waals surface area contributed by atoms with Crippen LogP contribution in [0.4, 0.5) is 0 Å². The molecule has 0 saturated heterocycles. The number of benzene rings is 1. The molecule has 0 amide bonds.